The van der Waals surface area contributed by atoms with Crippen LogP contribution in [0.2, 0.25) is 0 Å². The number of halogens is 3. The molecule has 0 fully saturated rings. The van der Waals surface area contributed by atoms with E-state index in [0.29, 0.717) is 22.6 Å². The lowest BCUT2D eigenvalue weighted by molar-refractivity contribution is -0.137. The highest BCUT2D eigenvalue weighted by Gasteiger charge is 2.30. The number of allylic oxidation sites excluding steroid dienone is 1. The van der Waals surface area contributed by atoms with Gasteiger partial charge in [-0.3, -0.25) is 0 Å². The number of nitrogens with zero attached hydrogens (tertiary/aromatic N) is 2. The number of hydrogen-bond donors (Lipinski definition) is 0. The molecule has 25 heavy (non-hydrogen) atoms. The Morgan fingerprint density at radius 2 is 1.76 bits per heavy atom. The van der Waals surface area contributed by atoms with Gasteiger partial charge in [0.05, 0.1) is 5.56 Å². The molecule has 0 aliphatic heterocycles. The lowest BCUT2D eigenvalue weighted by Gasteiger charge is -2.12. The molecule has 0 radical (unpaired) electrons. The maximum Gasteiger partial charge on any atom is 0.416 e. The zero-order chi connectivity index (χ0) is 19.0. The summed E-state index contributed by atoms with van der Waals surface area (Å²) >= 11 is 0. The molecule has 0 atom stereocenters. The molecule has 2 rings (SSSR count). The van der Waals surface area contributed by atoms with Gasteiger partial charge < -0.3 is 4.57 Å². The highest BCUT2D eigenvalue weighted by Crippen LogP contribution is 2.30. The summed E-state index contributed by atoms with van der Waals surface area (Å²) in [6.45, 7) is 3.45. The Balaban J connectivity index is 2.54. The maximum atomic E-state index is 12.7. The Morgan fingerprint density at radius 3 is 2.20 bits per heavy atom. The van der Waals surface area contributed by atoms with E-state index in [-0.39, 0.29) is 4.91 Å². The fourth-order valence-corrected chi connectivity index (χ4v) is 3.00. The summed E-state index contributed by atoms with van der Waals surface area (Å²) in [5.41, 5.74) is 1.60. The van der Waals surface area contributed by atoms with Crippen LogP contribution < -0.4 is 0 Å². The second-order valence-corrected chi connectivity index (χ2v) is 7.58. The van der Waals surface area contributed by atoms with Crippen molar-refractivity contribution in [3.63, 3.8) is 0 Å². The summed E-state index contributed by atoms with van der Waals surface area (Å²) in [5, 5.41) is 9.00. The molecule has 4 nitrogen and oxygen atoms in total. The average molecular weight is 368 g/mol. The molecular weight excluding hydrogens is 353 g/mol. The number of alkyl halides is 3. The van der Waals surface area contributed by atoms with Crippen LogP contribution in [-0.2, 0) is 16.0 Å². The Bertz CT molecular complexity index is 977. The van der Waals surface area contributed by atoms with Crippen LogP contribution in [0.3, 0.4) is 0 Å². The van der Waals surface area contributed by atoms with Gasteiger partial charge in [-0.1, -0.05) is 0 Å². The van der Waals surface area contributed by atoms with E-state index in [1.165, 1.54) is 18.2 Å². The van der Waals surface area contributed by atoms with Gasteiger partial charge in [-0.2, -0.15) is 18.4 Å². The molecular formula is C17H15F3N2O2S. The Labute approximate surface area is 143 Å². The van der Waals surface area contributed by atoms with Crippen LogP contribution >= 0.6 is 0 Å². The molecule has 0 spiro atoms. The van der Waals surface area contributed by atoms with Crippen molar-refractivity contribution >= 4 is 15.9 Å². The van der Waals surface area contributed by atoms with Crippen LogP contribution in [0, 0.1) is 25.2 Å². The second-order valence-electron chi connectivity index (χ2n) is 5.60. The van der Waals surface area contributed by atoms with Crippen molar-refractivity contribution in [1.29, 1.82) is 5.26 Å². The van der Waals surface area contributed by atoms with E-state index < -0.39 is 21.6 Å². The fraction of sp³-hybridized carbons (Fsp3) is 0.235. The number of hydrogen-bond acceptors (Lipinski definition) is 3. The number of benzene rings is 1. The van der Waals surface area contributed by atoms with Gasteiger partial charge >= 0.3 is 6.18 Å². The van der Waals surface area contributed by atoms with E-state index in [1.807, 2.05) is 0 Å². The molecule has 1 heterocycles. The lowest BCUT2D eigenvalue weighted by atomic mass is 10.2. The smallest absolute Gasteiger partial charge is 0.318 e. The molecule has 0 aliphatic rings. The van der Waals surface area contributed by atoms with Crippen molar-refractivity contribution in [1.82, 2.24) is 4.57 Å². The van der Waals surface area contributed by atoms with Gasteiger partial charge in [0.2, 0.25) is 0 Å². The molecule has 1 aromatic carbocycles. The van der Waals surface area contributed by atoms with Crippen LogP contribution in [0.5, 0.6) is 0 Å². The zero-order valence-electron chi connectivity index (χ0n) is 13.7. The first-order valence-corrected chi connectivity index (χ1v) is 9.02. The molecule has 0 N–H and O–H groups in total. The third-order valence-corrected chi connectivity index (χ3v) is 4.73. The minimum absolute atomic E-state index is 0.375. The number of aryl methyl sites for hydroxylation is 1. The topological polar surface area (TPSA) is 62.9 Å². The third-order valence-electron chi connectivity index (χ3n) is 3.72. The van der Waals surface area contributed by atoms with Crippen molar-refractivity contribution in [2.75, 3.05) is 6.26 Å². The van der Waals surface area contributed by atoms with Gasteiger partial charge in [0.1, 0.15) is 11.0 Å². The van der Waals surface area contributed by atoms with Gasteiger partial charge in [0.15, 0.2) is 9.84 Å². The standard InChI is InChI=1S/C17H15F3N2O2S/c1-11-8-13(9-16(10-21)25(3,23)24)12(2)22(11)15-6-4-14(5-7-15)17(18,19)20/h4-9H,1-3H3/b16-9-. The molecule has 132 valence electrons. The van der Waals surface area contributed by atoms with Crippen molar-refractivity contribution in [3.05, 3.63) is 57.8 Å². The van der Waals surface area contributed by atoms with Gasteiger partial charge in [0.25, 0.3) is 0 Å². The Hall–Kier alpha value is -2.53. The monoisotopic (exact) mass is 368 g/mol. The molecule has 0 aliphatic carbocycles. The molecule has 0 saturated carbocycles. The number of nitriles is 1. The summed E-state index contributed by atoms with van der Waals surface area (Å²) < 4.78 is 62.9. The third kappa shape index (κ3) is 3.94. The molecule has 0 amide bonds. The largest absolute Gasteiger partial charge is 0.416 e. The van der Waals surface area contributed by atoms with Crippen LogP contribution in [0.25, 0.3) is 11.8 Å². The quantitative estimate of drug-likeness (QED) is 0.769. The summed E-state index contributed by atoms with van der Waals surface area (Å²) in [5.74, 6) is 0. The normalized spacial score (nSPS) is 12.9. The van der Waals surface area contributed by atoms with Gasteiger partial charge in [-0.15, -0.1) is 0 Å². The number of rotatable bonds is 3. The maximum absolute atomic E-state index is 12.7. The van der Waals surface area contributed by atoms with E-state index in [2.05, 4.69) is 0 Å². The molecule has 2 aromatic rings. The fourth-order valence-electron chi connectivity index (χ4n) is 2.49. The SMILES string of the molecule is Cc1cc(/C=C(/C#N)S(C)(=O)=O)c(C)n1-c1ccc(C(F)(F)F)cc1. The molecule has 0 unspecified atom stereocenters. The zero-order valence-corrected chi connectivity index (χ0v) is 14.5. The summed E-state index contributed by atoms with van der Waals surface area (Å²) in [6, 6.07) is 7.99. The molecule has 0 saturated heterocycles. The van der Waals surface area contributed by atoms with E-state index in [1.54, 1.807) is 30.6 Å². The molecule has 0 bridgehead atoms. The van der Waals surface area contributed by atoms with E-state index in [0.717, 1.165) is 18.4 Å². The van der Waals surface area contributed by atoms with Crippen molar-refractivity contribution < 1.29 is 21.6 Å². The highest BCUT2D eigenvalue weighted by atomic mass is 32.2. The minimum Gasteiger partial charge on any atom is -0.318 e. The first-order valence-electron chi connectivity index (χ1n) is 7.13. The van der Waals surface area contributed by atoms with Crippen LogP contribution in [0.15, 0.2) is 35.2 Å². The predicted molar refractivity (Wildman–Crippen MR) is 88.7 cm³/mol. The number of aromatic nitrogens is 1. The first-order chi connectivity index (χ1) is 11.4. The van der Waals surface area contributed by atoms with Gasteiger partial charge in [-0.05, 0) is 55.8 Å². The highest BCUT2D eigenvalue weighted by molar-refractivity contribution is 7.95. The van der Waals surface area contributed by atoms with Crippen molar-refractivity contribution in [2.45, 2.75) is 20.0 Å². The van der Waals surface area contributed by atoms with Crippen LogP contribution in [-0.4, -0.2) is 19.2 Å². The molecule has 8 heteroatoms. The predicted octanol–water partition coefficient (Wildman–Crippen LogP) is 4.02. The van der Waals surface area contributed by atoms with Crippen LogP contribution in [0.4, 0.5) is 13.2 Å². The van der Waals surface area contributed by atoms with Crippen LogP contribution in [0.1, 0.15) is 22.5 Å². The average Bonchev–Trinajstić information content (AvgIpc) is 2.77. The number of sulfone groups is 1. The first kappa shape index (κ1) is 18.8. The van der Waals surface area contributed by atoms with E-state index in [9.17, 15) is 21.6 Å². The summed E-state index contributed by atoms with van der Waals surface area (Å²) in [7, 11) is -3.65. The van der Waals surface area contributed by atoms with E-state index >= 15 is 0 Å². The summed E-state index contributed by atoms with van der Waals surface area (Å²) in [6.07, 6.45) is -2.21. The lowest BCUT2D eigenvalue weighted by Crippen LogP contribution is -2.06. The van der Waals surface area contributed by atoms with Crippen molar-refractivity contribution in [3.8, 4) is 11.8 Å². The van der Waals surface area contributed by atoms with Crippen molar-refractivity contribution in [2.24, 2.45) is 0 Å². The second kappa shape index (κ2) is 6.41. The Kier molecular flexibility index (Phi) is 4.82. The van der Waals surface area contributed by atoms with Gasteiger partial charge in [-0.25, -0.2) is 8.42 Å². The van der Waals surface area contributed by atoms with E-state index in [4.69, 9.17) is 5.26 Å². The summed E-state index contributed by atoms with van der Waals surface area (Å²) in [4.78, 5) is -0.375. The molecule has 1 aromatic heterocycles. The van der Waals surface area contributed by atoms with Gasteiger partial charge in [0, 0.05) is 23.3 Å². The Morgan fingerprint density at radius 1 is 1.20 bits per heavy atom. The minimum atomic E-state index is -4.41.